The number of phenols is 1. The SMILES string of the molecule is O=C(CSc1ccncc1)c1cc(F)ccc1O. The predicted molar refractivity (Wildman–Crippen MR) is 67.4 cm³/mol. The molecule has 0 unspecified atom stereocenters. The number of thioether (sulfide) groups is 1. The van der Waals surface area contributed by atoms with Crippen molar-refractivity contribution in [1.29, 1.82) is 0 Å². The monoisotopic (exact) mass is 263 g/mol. The maximum atomic E-state index is 13.0. The van der Waals surface area contributed by atoms with Crippen LogP contribution in [0.4, 0.5) is 4.39 Å². The second-order valence-electron chi connectivity index (χ2n) is 3.56. The lowest BCUT2D eigenvalue weighted by atomic mass is 10.1. The van der Waals surface area contributed by atoms with Gasteiger partial charge < -0.3 is 5.11 Å². The molecule has 0 aliphatic carbocycles. The number of carbonyl (C=O) groups excluding carboxylic acids is 1. The topological polar surface area (TPSA) is 50.2 Å². The second-order valence-corrected chi connectivity index (χ2v) is 4.60. The Bertz CT molecular complexity index is 560. The highest BCUT2D eigenvalue weighted by molar-refractivity contribution is 8.00. The second kappa shape index (κ2) is 5.64. The van der Waals surface area contributed by atoms with Crippen molar-refractivity contribution in [2.75, 3.05) is 5.75 Å². The van der Waals surface area contributed by atoms with Gasteiger partial charge in [0.2, 0.25) is 0 Å². The van der Waals surface area contributed by atoms with Gasteiger partial charge in [0.25, 0.3) is 0 Å². The van der Waals surface area contributed by atoms with Crippen LogP contribution in [0.25, 0.3) is 0 Å². The molecule has 1 N–H and O–H groups in total. The molecule has 1 aromatic carbocycles. The Morgan fingerprint density at radius 2 is 2.00 bits per heavy atom. The predicted octanol–water partition coefficient (Wildman–Crippen LogP) is 2.90. The van der Waals surface area contributed by atoms with Crippen molar-refractivity contribution >= 4 is 17.5 Å². The van der Waals surface area contributed by atoms with Gasteiger partial charge in [-0.3, -0.25) is 9.78 Å². The fourth-order valence-corrected chi connectivity index (χ4v) is 2.16. The molecule has 2 rings (SSSR count). The number of benzene rings is 1. The smallest absolute Gasteiger partial charge is 0.176 e. The standard InChI is InChI=1S/C13H10FNO2S/c14-9-1-2-12(16)11(7-9)13(17)8-18-10-3-5-15-6-4-10/h1-7,16H,8H2. The van der Waals surface area contributed by atoms with E-state index < -0.39 is 5.82 Å². The number of hydrogen-bond donors (Lipinski definition) is 1. The summed E-state index contributed by atoms with van der Waals surface area (Å²) < 4.78 is 13.0. The van der Waals surface area contributed by atoms with Crippen LogP contribution < -0.4 is 0 Å². The Morgan fingerprint density at radius 3 is 2.72 bits per heavy atom. The van der Waals surface area contributed by atoms with E-state index in [1.54, 1.807) is 24.5 Å². The zero-order valence-corrected chi connectivity index (χ0v) is 10.2. The summed E-state index contributed by atoms with van der Waals surface area (Å²) in [4.78, 5) is 16.6. The number of ketones is 1. The van der Waals surface area contributed by atoms with Crippen LogP contribution in [0.15, 0.2) is 47.6 Å². The highest BCUT2D eigenvalue weighted by Gasteiger charge is 2.12. The molecule has 3 nitrogen and oxygen atoms in total. The van der Waals surface area contributed by atoms with Gasteiger partial charge in [0.1, 0.15) is 11.6 Å². The van der Waals surface area contributed by atoms with E-state index in [2.05, 4.69) is 4.98 Å². The van der Waals surface area contributed by atoms with Gasteiger partial charge in [0.15, 0.2) is 5.78 Å². The Balaban J connectivity index is 2.06. The Hall–Kier alpha value is -1.88. The number of aromatic nitrogens is 1. The van der Waals surface area contributed by atoms with Gasteiger partial charge >= 0.3 is 0 Å². The van der Waals surface area contributed by atoms with Crippen LogP contribution in [0.3, 0.4) is 0 Å². The van der Waals surface area contributed by atoms with E-state index in [4.69, 9.17) is 0 Å². The summed E-state index contributed by atoms with van der Waals surface area (Å²) in [6.45, 7) is 0. The fourth-order valence-electron chi connectivity index (χ4n) is 1.39. The summed E-state index contributed by atoms with van der Waals surface area (Å²) >= 11 is 1.31. The number of halogens is 1. The molecule has 0 saturated heterocycles. The molecule has 1 heterocycles. The van der Waals surface area contributed by atoms with Crippen LogP contribution in [-0.2, 0) is 0 Å². The molecule has 0 amide bonds. The van der Waals surface area contributed by atoms with Crippen LogP contribution in [0, 0.1) is 5.82 Å². The summed E-state index contributed by atoms with van der Waals surface area (Å²) in [5.41, 5.74) is 0.0107. The molecule has 92 valence electrons. The van der Waals surface area contributed by atoms with Crippen molar-refractivity contribution in [2.45, 2.75) is 4.90 Å². The largest absolute Gasteiger partial charge is 0.507 e. The fraction of sp³-hybridized carbons (Fsp3) is 0.0769. The van der Waals surface area contributed by atoms with Crippen LogP contribution in [0.1, 0.15) is 10.4 Å². The molecule has 18 heavy (non-hydrogen) atoms. The van der Waals surface area contributed by atoms with Crippen LogP contribution in [-0.4, -0.2) is 21.6 Å². The molecule has 0 fully saturated rings. The third-order valence-corrected chi connectivity index (χ3v) is 3.29. The number of pyridine rings is 1. The normalized spacial score (nSPS) is 10.3. The number of aromatic hydroxyl groups is 1. The minimum atomic E-state index is -0.537. The van der Waals surface area contributed by atoms with Crippen molar-refractivity contribution in [2.24, 2.45) is 0 Å². The summed E-state index contributed by atoms with van der Waals surface area (Å²) in [7, 11) is 0. The lowest BCUT2D eigenvalue weighted by molar-refractivity contribution is 0.101. The quantitative estimate of drug-likeness (QED) is 0.680. The first kappa shape index (κ1) is 12.6. The van der Waals surface area contributed by atoms with Gasteiger partial charge in [-0.15, -0.1) is 11.8 Å². The Morgan fingerprint density at radius 1 is 1.28 bits per heavy atom. The van der Waals surface area contributed by atoms with Gasteiger partial charge in [0.05, 0.1) is 11.3 Å². The van der Waals surface area contributed by atoms with Crippen LogP contribution >= 0.6 is 11.8 Å². The molecular formula is C13H10FNO2S. The Labute approximate surface area is 108 Å². The molecule has 0 bridgehead atoms. The first-order valence-electron chi connectivity index (χ1n) is 5.21. The molecule has 0 spiro atoms. The number of nitrogens with zero attached hydrogens (tertiary/aromatic N) is 1. The van der Waals surface area contributed by atoms with Gasteiger partial charge in [-0.1, -0.05) is 0 Å². The summed E-state index contributed by atoms with van der Waals surface area (Å²) in [5, 5.41) is 9.50. The van der Waals surface area contributed by atoms with E-state index in [0.29, 0.717) is 0 Å². The number of Topliss-reactive ketones (excluding diaryl/α,β-unsaturated/α-hetero) is 1. The minimum absolute atomic E-state index is 0.0107. The molecule has 0 radical (unpaired) electrons. The van der Waals surface area contributed by atoms with E-state index in [9.17, 15) is 14.3 Å². The van der Waals surface area contributed by atoms with E-state index in [0.717, 1.165) is 17.0 Å². The van der Waals surface area contributed by atoms with Gasteiger partial charge in [0, 0.05) is 17.3 Å². The van der Waals surface area contributed by atoms with Crippen molar-refractivity contribution < 1.29 is 14.3 Å². The number of hydrogen-bond acceptors (Lipinski definition) is 4. The minimum Gasteiger partial charge on any atom is -0.507 e. The summed E-state index contributed by atoms with van der Waals surface area (Å²) in [6, 6.07) is 6.90. The van der Waals surface area contributed by atoms with Gasteiger partial charge in [-0.05, 0) is 30.3 Å². The van der Waals surface area contributed by atoms with E-state index in [-0.39, 0.29) is 22.8 Å². The third kappa shape index (κ3) is 3.07. The maximum Gasteiger partial charge on any atom is 0.176 e. The first-order valence-corrected chi connectivity index (χ1v) is 6.20. The number of carbonyl (C=O) groups is 1. The number of rotatable bonds is 4. The van der Waals surface area contributed by atoms with Crippen molar-refractivity contribution in [1.82, 2.24) is 4.98 Å². The zero-order chi connectivity index (χ0) is 13.0. The van der Waals surface area contributed by atoms with Gasteiger partial charge in [-0.2, -0.15) is 0 Å². The van der Waals surface area contributed by atoms with Crippen molar-refractivity contribution in [3.05, 3.63) is 54.1 Å². The molecular weight excluding hydrogens is 253 g/mol. The van der Waals surface area contributed by atoms with Crippen LogP contribution in [0.5, 0.6) is 5.75 Å². The highest BCUT2D eigenvalue weighted by atomic mass is 32.2. The van der Waals surface area contributed by atoms with Crippen molar-refractivity contribution in [3.63, 3.8) is 0 Å². The number of phenolic OH excluding ortho intramolecular Hbond substituents is 1. The summed E-state index contributed by atoms with van der Waals surface area (Å²) in [5.74, 6) is -0.906. The molecule has 5 heteroatoms. The Kier molecular flexibility index (Phi) is 3.94. The molecule has 0 saturated carbocycles. The zero-order valence-electron chi connectivity index (χ0n) is 9.34. The molecule has 2 aromatic rings. The van der Waals surface area contributed by atoms with Gasteiger partial charge in [-0.25, -0.2) is 4.39 Å². The molecule has 0 aliphatic heterocycles. The molecule has 0 aliphatic rings. The van der Waals surface area contributed by atoms with Crippen molar-refractivity contribution in [3.8, 4) is 5.75 Å². The lowest BCUT2D eigenvalue weighted by Crippen LogP contribution is -2.03. The third-order valence-electron chi connectivity index (χ3n) is 2.28. The van der Waals surface area contributed by atoms with Crippen LogP contribution in [0.2, 0.25) is 0 Å². The average Bonchev–Trinajstić information content (AvgIpc) is 2.40. The molecule has 0 atom stereocenters. The van der Waals surface area contributed by atoms with E-state index >= 15 is 0 Å². The van der Waals surface area contributed by atoms with E-state index in [1.807, 2.05) is 0 Å². The summed E-state index contributed by atoms with van der Waals surface area (Å²) in [6.07, 6.45) is 3.26. The average molecular weight is 263 g/mol. The lowest BCUT2D eigenvalue weighted by Gasteiger charge is -2.04. The highest BCUT2D eigenvalue weighted by Crippen LogP contribution is 2.23. The first-order chi connectivity index (χ1) is 8.66. The van der Waals surface area contributed by atoms with E-state index in [1.165, 1.54) is 17.8 Å². The molecule has 1 aromatic heterocycles. The maximum absolute atomic E-state index is 13.0.